The first kappa shape index (κ1) is 20.8. The second-order valence-electron chi connectivity index (χ2n) is 8.61. The van der Waals surface area contributed by atoms with E-state index in [1.54, 1.807) is 20.8 Å². The SMILES string of the molecule is C[C@@H]1CCc2nc3ccccc3c(C(=O)OCC(=O)NC(=O)NC(C)(C)C)c2C1. The van der Waals surface area contributed by atoms with E-state index >= 15 is 0 Å². The van der Waals surface area contributed by atoms with Gasteiger partial charge in [0.1, 0.15) is 0 Å². The molecule has 1 heterocycles. The molecule has 0 bridgehead atoms. The maximum absolute atomic E-state index is 12.9. The molecular weight excluding hydrogens is 370 g/mol. The molecule has 0 saturated carbocycles. The molecule has 2 aromatic rings. The molecule has 3 amide bonds. The number of pyridine rings is 1. The Morgan fingerprint density at radius 2 is 1.93 bits per heavy atom. The Hall–Kier alpha value is -2.96. The first-order valence-corrected chi connectivity index (χ1v) is 9.83. The van der Waals surface area contributed by atoms with Gasteiger partial charge in [0.2, 0.25) is 0 Å². The first-order chi connectivity index (χ1) is 13.6. The number of rotatable bonds is 3. The normalized spacial score (nSPS) is 16.1. The highest BCUT2D eigenvalue weighted by Crippen LogP contribution is 2.31. The van der Waals surface area contributed by atoms with Crippen molar-refractivity contribution in [1.82, 2.24) is 15.6 Å². The lowest BCUT2D eigenvalue weighted by molar-refractivity contribution is -0.123. The van der Waals surface area contributed by atoms with Gasteiger partial charge in [0.05, 0.1) is 11.1 Å². The van der Waals surface area contributed by atoms with Crippen molar-refractivity contribution in [2.45, 2.75) is 52.5 Å². The van der Waals surface area contributed by atoms with Gasteiger partial charge < -0.3 is 10.1 Å². The highest BCUT2D eigenvalue weighted by atomic mass is 16.5. The van der Waals surface area contributed by atoms with Crippen LogP contribution in [0.2, 0.25) is 0 Å². The van der Waals surface area contributed by atoms with Crippen LogP contribution in [0, 0.1) is 5.92 Å². The number of amides is 3. The van der Waals surface area contributed by atoms with Gasteiger partial charge in [0.25, 0.3) is 5.91 Å². The highest BCUT2D eigenvalue weighted by Gasteiger charge is 2.26. The van der Waals surface area contributed by atoms with Crippen molar-refractivity contribution in [3.63, 3.8) is 0 Å². The molecule has 7 nitrogen and oxygen atoms in total. The number of nitrogens with one attached hydrogen (secondary N) is 2. The average molecular weight is 397 g/mol. The van der Waals surface area contributed by atoms with Crippen LogP contribution in [0.25, 0.3) is 10.9 Å². The van der Waals surface area contributed by atoms with Crippen molar-refractivity contribution < 1.29 is 19.1 Å². The molecule has 3 rings (SSSR count). The van der Waals surface area contributed by atoms with Gasteiger partial charge in [0.15, 0.2) is 6.61 Å². The van der Waals surface area contributed by atoms with E-state index in [4.69, 9.17) is 9.72 Å². The minimum atomic E-state index is -0.680. The molecule has 1 aliphatic rings. The van der Waals surface area contributed by atoms with E-state index in [1.165, 1.54) is 0 Å². The van der Waals surface area contributed by atoms with Crippen LogP contribution in [0.3, 0.4) is 0 Å². The van der Waals surface area contributed by atoms with Crippen molar-refractivity contribution in [2.75, 3.05) is 6.61 Å². The zero-order valence-electron chi connectivity index (χ0n) is 17.3. The van der Waals surface area contributed by atoms with Crippen LogP contribution in [0.1, 0.15) is 55.7 Å². The molecule has 0 saturated heterocycles. The quantitative estimate of drug-likeness (QED) is 0.776. The van der Waals surface area contributed by atoms with Gasteiger partial charge in [-0.15, -0.1) is 0 Å². The number of aryl methyl sites for hydroxylation is 1. The van der Waals surface area contributed by atoms with E-state index in [1.807, 2.05) is 24.3 Å². The minimum absolute atomic E-state index is 0.446. The predicted molar refractivity (Wildman–Crippen MR) is 110 cm³/mol. The molecule has 7 heteroatoms. The van der Waals surface area contributed by atoms with E-state index < -0.39 is 30.1 Å². The molecule has 1 atom stereocenters. The second-order valence-corrected chi connectivity index (χ2v) is 8.61. The summed E-state index contributed by atoms with van der Waals surface area (Å²) in [5.74, 6) is -0.803. The maximum Gasteiger partial charge on any atom is 0.339 e. The van der Waals surface area contributed by atoms with Gasteiger partial charge in [-0.1, -0.05) is 25.1 Å². The summed E-state index contributed by atoms with van der Waals surface area (Å²) in [7, 11) is 0. The Morgan fingerprint density at radius 3 is 2.66 bits per heavy atom. The van der Waals surface area contributed by atoms with Crippen molar-refractivity contribution in [2.24, 2.45) is 5.92 Å². The molecule has 29 heavy (non-hydrogen) atoms. The molecule has 1 aromatic heterocycles. The lowest BCUT2D eigenvalue weighted by atomic mass is 9.84. The van der Waals surface area contributed by atoms with Gasteiger partial charge in [-0.25, -0.2) is 9.59 Å². The molecule has 0 spiro atoms. The number of hydrogen-bond donors (Lipinski definition) is 2. The van der Waals surface area contributed by atoms with Gasteiger partial charge >= 0.3 is 12.0 Å². The molecule has 2 N–H and O–H groups in total. The van der Waals surface area contributed by atoms with E-state index in [0.717, 1.165) is 41.4 Å². The molecule has 0 fully saturated rings. The summed E-state index contributed by atoms with van der Waals surface area (Å²) in [6, 6.07) is 6.81. The fourth-order valence-electron chi connectivity index (χ4n) is 3.53. The molecule has 1 aromatic carbocycles. The Labute approximate surface area is 170 Å². The average Bonchev–Trinajstić information content (AvgIpc) is 2.62. The number of benzene rings is 1. The second kappa shape index (κ2) is 8.19. The number of nitrogens with zero attached hydrogens (tertiary/aromatic N) is 1. The van der Waals surface area contributed by atoms with E-state index in [9.17, 15) is 14.4 Å². The monoisotopic (exact) mass is 397 g/mol. The molecule has 1 aliphatic carbocycles. The number of para-hydroxylation sites is 1. The molecule has 154 valence electrons. The first-order valence-electron chi connectivity index (χ1n) is 9.83. The number of ether oxygens (including phenoxy) is 1. The zero-order chi connectivity index (χ0) is 21.2. The third-order valence-corrected chi connectivity index (χ3v) is 4.79. The fourth-order valence-corrected chi connectivity index (χ4v) is 3.53. The van der Waals surface area contributed by atoms with E-state index in [0.29, 0.717) is 11.5 Å². The predicted octanol–water partition coefficient (Wildman–Crippen LogP) is 3.14. The number of imide groups is 1. The van der Waals surface area contributed by atoms with Crippen LogP contribution in [0.4, 0.5) is 4.79 Å². The summed E-state index contributed by atoms with van der Waals surface area (Å²) in [5.41, 5.74) is 2.55. The minimum Gasteiger partial charge on any atom is -0.452 e. The summed E-state index contributed by atoms with van der Waals surface area (Å²) in [5, 5.41) is 5.51. The summed E-state index contributed by atoms with van der Waals surface area (Å²) in [4.78, 5) is 41.5. The third kappa shape index (κ3) is 5.10. The Kier molecular flexibility index (Phi) is 5.86. The van der Waals surface area contributed by atoms with E-state index in [-0.39, 0.29) is 0 Å². The zero-order valence-corrected chi connectivity index (χ0v) is 17.3. The highest BCUT2D eigenvalue weighted by molar-refractivity contribution is 6.06. The van der Waals surface area contributed by atoms with Crippen LogP contribution in [0.15, 0.2) is 24.3 Å². The third-order valence-electron chi connectivity index (χ3n) is 4.79. The van der Waals surface area contributed by atoms with Crippen LogP contribution in [-0.2, 0) is 22.4 Å². The smallest absolute Gasteiger partial charge is 0.339 e. The van der Waals surface area contributed by atoms with Crippen molar-refractivity contribution in [3.8, 4) is 0 Å². The maximum atomic E-state index is 12.9. The molecule has 0 aliphatic heterocycles. The Morgan fingerprint density at radius 1 is 1.21 bits per heavy atom. The fraction of sp³-hybridized carbons (Fsp3) is 0.455. The number of hydrogen-bond acceptors (Lipinski definition) is 5. The number of esters is 1. The Balaban J connectivity index is 1.78. The molecule has 0 unspecified atom stereocenters. The number of fused-ring (bicyclic) bond motifs is 2. The van der Waals surface area contributed by atoms with Crippen LogP contribution < -0.4 is 10.6 Å². The van der Waals surface area contributed by atoms with Crippen LogP contribution >= 0.6 is 0 Å². The summed E-state index contributed by atoms with van der Waals surface area (Å²) in [6.45, 7) is 7.02. The van der Waals surface area contributed by atoms with Crippen LogP contribution in [0.5, 0.6) is 0 Å². The number of carbonyl (C=O) groups is 3. The van der Waals surface area contributed by atoms with Gasteiger partial charge in [0, 0.05) is 16.6 Å². The standard InChI is InChI=1S/C22H27N3O4/c1-13-9-10-17-15(11-13)19(14-7-5-6-8-16(14)23-17)20(27)29-12-18(26)24-21(28)25-22(2,3)4/h5-8,13H,9-12H2,1-4H3,(H2,24,25,26,28)/t13-/m1/s1. The topological polar surface area (TPSA) is 97.4 Å². The number of urea groups is 1. The summed E-state index contributed by atoms with van der Waals surface area (Å²) >= 11 is 0. The van der Waals surface area contributed by atoms with Crippen LogP contribution in [-0.4, -0.2) is 35.0 Å². The number of aromatic nitrogens is 1. The Bertz CT molecular complexity index is 962. The molecular formula is C22H27N3O4. The summed E-state index contributed by atoms with van der Waals surface area (Å²) in [6.07, 6.45) is 2.59. The van der Waals surface area contributed by atoms with Crippen molar-refractivity contribution >= 4 is 28.8 Å². The van der Waals surface area contributed by atoms with Crippen molar-refractivity contribution in [1.29, 1.82) is 0 Å². The van der Waals surface area contributed by atoms with Crippen molar-refractivity contribution in [3.05, 3.63) is 41.1 Å². The largest absolute Gasteiger partial charge is 0.452 e. The molecule has 0 radical (unpaired) electrons. The van der Waals surface area contributed by atoms with Gasteiger partial charge in [-0.05, 0) is 57.6 Å². The lowest BCUT2D eigenvalue weighted by Gasteiger charge is -2.24. The summed E-state index contributed by atoms with van der Waals surface area (Å²) < 4.78 is 5.27. The van der Waals surface area contributed by atoms with Gasteiger partial charge in [-0.3, -0.25) is 15.1 Å². The number of carbonyl (C=O) groups excluding carboxylic acids is 3. The van der Waals surface area contributed by atoms with E-state index in [2.05, 4.69) is 17.6 Å². The lowest BCUT2D eigenvalue weighted by Crippen LogP contribution is -2.49. The van der Waals surface area contributed by atoms with Gasteiger partial charge in [-0.2, -0.15) is 0 Å².